The Morgan fingerprint density at radius 1 is 1.12 bits per heavy atom. The molecule has 24 heavy (non-hydrogen) atoms. The van der Waals surface area contributed by atoms with Gasteiger partial charge in [0.25, 0.3) is 0 Å². The molecule has 2 aromatic heterocycles. The van der Waals surface area contributed by atoms with Crippen molar-refractivity contribution in [3.05, 3.63) is 52.9 Å². The van der Waals surface area contributed by atoms with E-state index in [0.717, 1.165) is 16.2 Å². The lowest BCUT2D eigenvalue weighted by Crippen LogP contribution is -2.10. The molecule has 0 fully saturated rings. The largest absolute Gasteiger partial charge is 0.342 e. The number of fused-ring (bicyclic) bond motifs is 1. The highest BCUT2D eigenvalue weighted by molar-refractivity contribution is 7.98. The standard InChI is InChI=1S/C17H18ClN3S.C2H6/c1-17(2,3)12-6-4-11(5-7-12)9-22-13-8-14(18)21-16-15(13)19-10-20-16;1-2/h4-8,10H,9H2,1-3H3,(H,19,20,21);1-2H3. The quantitative estimate of drug-likeness (QED) is 0.444. The number of halogens is 1. The molecule has 0 aliphatic rings. The first kappa shape index (κ1) is 18.8. The molecule has 3 rings (SSSR count). The van der Waals surface area contributed by atoms with Crippen molar-refractivity contribution in [2.45, 2.75) is 50.7 Å². The van der Waals surface area contributed by atoms with Gasteiger partial charge in [0.1, 0.15) is 5.15 Å². The number of thioether (sulfide) groups is 1. The molecule has 128 valence electrons. The lowest BCUT2D eigenvalue weighted by Gasteiger charge is -2.19. The average molecular weight is 362 g/mol. The third kappa shape index (κ3) is 4.52. The Morgan fingerprint density at radius 3 is 2.42 bits per heavy atom. The van der Waals surface area contributed by atoms with Crippen LogP contribution in [0.2, 0.25) is 5.15 Å². The van der Waals surface area contributed by atoms with Gasteiger partial charge in [-0.1, -0.05) is 70.5 Å². The van der Waals surface area contributed by atoms with Crippen LogP contribution in [0.4, 0.5) is 0 Å². The minimum Gasteiger partial charge on any atom is -0.342 e. The van der Waals surface area contributed by atoms with Crippen LogP contribution in [0.5, 0.6) is 0 Å². The Balaban J connectivity index is 0.00000100. The number of H-pyrrole nitrogens is 1. The highest BCUT2D eigenvalue weighted by atomic mass is 35.5. The first-order valence-electron chi connectivity index (χ1n) is 8.15. The summed E-state index contributed by atoms with van der Waals surface area (Å²) in [6.07, 6.45) is 1.65. The summed E-state index contributed by atoms with van der Waals surface area (Å²) in [5.41, 5.74) is 4.44. The summed E-state index contributed by atoms with van der Waals surface area (Å²) in [7, 11) is 0. The van der Waals surface area contributed by atoms with Crippen molar-refractivity contribution in [3.63, 3.8) is 0 Å². The lowest BCUT2D eigenvalue weighted by molar-refractivity contribution is 0.590. The van der Waals surface area contributed by atoms with Crippen molar-refractivity contribution in [1.29, 1.82) is 0 Å². The lowest BCUT2D eigenvalue weighted by atomic mass is 9.87. The van der Waals surface area contributed by atoms with Crippen LogP contribution in [0.25, 0.3) is 11.2 Å². The number of benzene rings is 1. The molecule has 0 atom stereocenters. The highest BCUT2D eigenvalue weighted by Crippen LogP contribution is 2.30. The Kier molecular flexibility index (Phi) is 6.30. The first-order chi connectivity index (χ1) is 11.4. The topological polar surface area (TPSA) is 41.6 Å². The number of aromatic amines is 1. The Bertz CT molecular complexity index is 788. The molecular formula is C19H24ClN3S. The molecule has 0 amide bonds. The van der Waals surface area contributed by atoms with Crippen molar-refractivity contribution in [3.8, 4) is 0 Å². The summed E-state index contributed by atoms with van der Waals surface area (Å²) in [5, 5.41) is 0.477. The molecule has 0 unspecified atom stereocenters. The van der Waals surface area contributed by atoms with E-state index >= 15 is 0 Å². The minimum absolute atomic E-state index is 0.187. The normalized spacial score (nSPS) is 11.2. The number of imidazole rings is 1. The number of hydrogen-bond acceptors (Lipinski definition) is 3. The van der Waals surface area contributed by atoms with E-state index in [2.05, 4.69) is 60.0 Å². The van der Waals surface area contributed by atoms with Gasteiger partial charge >= 0.3 is 0 Å². The fourth-order valence-electron chi connectivity index (χ4n) is 2.24. The van der Waals surface area contributed by atoms with Crippen molar-refractivity contribution in [2.24, 2.45) is 0 Å². The monoisotopic (exact) mass is 361 g/mol. The maximum atomic E-state index is 6.06. The zero-order valence-electron chi connectivity index (χ0n) is 14.9. The van der Waals surface area contributed by atoms with Crippen molar-refractivity contribution < 1.29 is 0 Å². The van der Waals surface area contributed by atoms with Crippen molar-refractivity contribution >= 4 is 34.5 Å². The molecule has 1 N–H and O–H groups in total. The number of aromatic nitrogens is 3. The molecule has 2 heterocycles. The van der Waals surface area contributed by atoms with Crippen LogP contribution in [0.15, 0.2) is 41.6 Å². The van der Waals surface area contributed by atoms with E-state index in [0.29, 0.717) is 10.8 Å². The van der Waals surface area contributed by atoms with Gasteiger partial charge in [-0.25, -0.2) is 9.97 Å². The summed E-state index contributed by atoms with van der Waals surface area (Å²) >= 11 is 7.79. The second-order valence-electron chi connectivity index (χ2n) is 6.28. The van der Waals surface area contributed by atoms with Crippen molar-refractivity contribution in [2.75, 3.05) is 0 Å². The van der Waals surface area contributed by atoms with Crippen LogP contribution < -0.4 is 0 Å². The molecule has 0 bridgehead atoms. The fraction of sp³-hybridized carbons (Fsp3) is 0.368. The van der Waals surface area contributed by atoms with Gasteiger partial charge in [-0.2, -0.15) is 0 Å². The number of rotatable bonds is 3. The molecule has 3 aromatic rings. The second kappa shape index (κ2) is 8.04. The van der Waals surface area contributed by atoms with E-state index in [9.17, 15) is 0 Å². The van der Waals surface area contributed by atoms with E-state index < -0.39 is 0 Å². The average Bonchev–Trinajstić information content (AvgIpc) is 3.02. The summed E-state index contributed by atoms with van der Waals surface area (Å²) in [6.45, 7) is 10.7. The van der Waals surface area contributed by atoms with E-state index in [4.69, 9.17) is 11.6 Å². The zero-order valence-corrected chi connectivity index (χ0v) is 16.4. The Morgan fingerprint density at radius 2 is 1.79 bits per heavy atom. The Hall–Kier alpha value is -1.52. The number of hydrogen-bond donors (Lipinski definition) is 1. The Labute approximate surface area is 153 Å². The van der Waals surface area contributed by atoms with Crippen LogP contribution in [0, 0.1) is 0 Å². The predicted octanol–water partition coefficient (Wildman–Crippen LogP) is 6.23. The maximum absolute atomic E-state index is 6.06. The zero-order chi connectivity index (χ0) is 17.7. The molecule has 0 saturated heterocycles. The van der Waals surface area contributed by atoms with E-state index in [1.54, 1.807) is 18.1 Å². The fourth-order valence-corrected chi connectivity index (χ4v) is 3.50. The van der Waals surface area contributed by atoms with Gasteiger partial charge in [0.05, 0.1) is 11.8 Å². The molecule has 3 nitrogen and oxygen atoms in total. The van der Waals surface area contributed by atoms with Gasteiger partial charge in [0, 0.05) is 10.6 Å². The van der Waals surface area contributed by atoms with Gasteiger partial charge in [-0.3, -0.25) is 0 Å². The summed E-state index contributed by atoms with van der Waals surface area (Å²) in [4.78, 5) is 12.6. The molecule has 0 saturated carbocycles. The number of pyridine rings is 1. The van der Waals surface area contributed by atoms with Crippen LogP contribution in [0.1, 0.15) is 45.7 Å². The molecule has 1 aromatic carbocycles. The first-order valence-corrected chi connectivity index (χ1v) is 9.52. The predicted molar refractivity (Wildman–Crippen MR) is 105 cm³/mol. The molecule has 0 radical (unpaired) electrons. The molecular weight excluding hydrogens is 338 g/mol. The molecule has 0 aliphatic heterocycles. The smallest absolute Gasteiger partial charge is 0.179 e. The molecule has 0 aliphatic carbocycles. The molecule has 0 spiro atoms. The van der Waals surface area contributed by atoms with Gasteiger partial charge < -0.3 is 4.98 Å². The summed E-state index contributed by atoms with van der Waals surface area (Å²) in [6, 6.07) is 10.7. The van der Waals surface area contributed by atoms with Gasteiger partial charge in [-0.05, 0) is 22.6 Å². The molecule has 5 heteroatoms. The summed E-state index contributed by atoms with van der Waals surface area (Å²) in [5.74, 6) is 0.888. The number of nitrogens with zero attached hydrogens (tertiary/aromatic N) is 2. The third-order valence-corrected chi connectivity index (χ3v) is 4.85. The number of nitrogens with one attached hydrogen (secondary N) is 1. The van der Waals surface area contributed by atoms with Crippen LogP contribution in [-0.2, 0) is 11.2 Å². The van der Waals surface area contributed by atoms with Crippen LogP contribution in [0.3, 0.4) is 0 Å². The van der Waals surface area contributed by atoms with Gasteiger partial charge in [-0.15, -0.1) is 11.8 Å². The minimum atomic E-state index is 0.187. The SMILES string of the molecule is CC.CC(C)(C)c1ccc(CSc2cc(Cl)nc3nc[nH]c23)cc1. The van der Waals surface area contributed by atoms with E-state index in [1.165, 1.54) is 11.1 Å². The van der Waals surface area contributed by atoms with Crippen LogP contribution >= 0.6 is 23.4 Å². The van der Waals surface area contributed by atoms with Crippen molar-refractivity contribution in [1.82, 2.24) is 15.0 Å². The second-order valence-corrected chi connectivity index (χ2v) is 7.68. The third-order valence-electron chi connectivity index (χ3n) is 3.54. The van der Waals surface area contributed by atoms with E-state index in [-0.39, 0.29) is 5.41 Å². The van der Waals surface area contributed by atoms with Crippen LogP contribution in [-0.4, -0.2) is 15.0 Å². The van der Waals surface area contributed by atoms with E-state index in [1.807, 2.05) is 19.9 Å². The summed E-state index contributed by atoms with van der Waals surface area (Å²) < 4.78 is 0. The highest BCUT2D eigenvalue weighted by Gasteiger charge is 2.13. The maximum Gasteiger partial charge on any atom is 0.179 e. The van der Waals surface area contributed by atoms with Gasteiger partial charge in [0.2, 0.25) is 0 Å². The van der Waals surface area contributed by atoms with Gasteiger partial charge in [0.15, 0.2) is 5.65 Å².